The van der Waals surface area contributed by atoms with E-state index in [9.17, 15) is 9.59 Å². The van der Waals surface area contributed by atoms with Crippen molar-refractivity contribution in [3.8, 4) is 0 Å². The van der Waals surface area contributed by atoms with Gasteiger partial charge < -0.3 is 4.74 Å². The van der Waals surface area contributed by atoms with Crippen LogP contribution in [0.15, 0.2) is 18.2 Å². The summed E-state index contributed by atoms with van der Waals surface area (Å²) in [4.78, 5) is 22.9. The third kappa shape index (κ3) is 1.11. The van der Waals surface area contributed by atoms with Crippen molar-refractivity contribution in [3.05, 3.63) is 34.9 Å². The van der Waals surface area contributed by atoms with Crippen LogP contribution in [0.4, 0.5) is 0 Å². The number of epoxide rings is 1. The first-order chi connectivity index (χ1) is 7.18. The number of fused-ring (bicyclic) bond motifs is 1. The molecule has 1 aromatic rings. The summed E-state index contributed by atoms with van der Waals surface area (Å²) in [7, 11) is 0. The van der Waals surface area contributed by atoms with Crippen molar-refractivity contribution in [1.82, 2.24) is 5.32 Å². The Balaban J connectivity index is 2.18. The maximum atomic E-state index is 11.5. The molecule has 1 saturated heterocycles. The molecule has 3 rings (SSSR count). The van der Waals surface area contributed by atoms with Crippen LogP contribution in [0.5, 0.6) is 0 Å². The normalized spacial score (nSPS) is 27.5. The van der Waals surface area contributed by atoms with Crippen molar-refractivity contribution in [3.63, 3.8) is 0 Å². The molecular weight excluding hydrogens is 194 g/mol. The highest BCUT2D eigenvalue weighted by molar-refractivity contribution is 6.22. The predicted molar refractivity (Wildman–Crippen MR) is 51.5 cm³/mol. The van der Waals surface area contributed by atoms with Crippen LogP contribution in [0, 0.1) is 0 Å². The molecule has 1 N–H and O–H groups in total. The molecule has 2 aliphatic heterocycles. The number of hydrogen-bond acceptors (Lipinski definition) is 3. The minimum Gasteiger partial charge on any atom is -0.365 e. The molecule has 1 aromatic carbocycles. The van der Waals surface area contributed by atoms with Crippen LogP contribution < -0.4 is 5.32 Å². The lowest BCUT2D eigenvalue weighted by Gasteiger charge is -2.01. The van der Waals surface area contributed by atoms with Gasteiger partial charge in [-0.2, -0.15) is 0 Å². The van der Waals surface area contributed by atoms with Crippen LogP contribution in [0.3, 0.4) is 0 Å². The first-order valence-electron chi connectivity index (χ1n) is 4.82. The van der Waals surface area contributed by atoms with Gasteiger partial charge in [-0.1, -0.05) is 12.1 Å². The number of amides is 2. The van der Waals surface area contributed by atoms with Gasteiger partial charge in [0.25, 0.3) is 11.8 Å². The molecule has 0 radical (unpaired) electrons. The molecule has 2 unspecified atom stereocenters. The second kappa shape index (κ2) is 2.67. The summed E-state index contributed by atoms with van der Waals surface area (Å²) in [5.41, 5.74) is 1.76. The zero-order valence-electron chi connectivity index (χ0n) is 8.11. The van der Waals surface area contributed by atoms with Crippen LogP contribution in [0.1, 0.15) is 39.3 Å². The molecule has 1 fully saturated rings. The second-order valence-electron chi connectivity index (χ2n) is 3.81. The summed E-state index contributed by atoms with van der Waals surface area (Å²) < 4.78 is 5.32. The average Bonchev–Trinajstić information content (AvgIpc) is 2.86. The molecule has 4 heteroatoms. The van der Waals surface area contributed by atoms with Crippen molar-refractivity contribution in [2.24, 2.45) is 0 Å². The van der Waals surface area contributed by atoms with E-state index in [0.717, 1.165) is 5.56 Å². The number of benzene rings is 1. The minimum atomic E-state index is -0.315. The summed E-state index contributed by atoms with van der Waals surface area (Å²) in [6, 6.07) is 5.28. The summed E-state index contributed by atoms with van der Waals surface area (Å²) >= 11 is 0. The van der Waals surface area contributed by atoms with E-state index < -0.39 is 0 Å². The molecule has 0 saturated carbocycles. The van der Waals surface area contributed by atoms with Gasteiger partial charge in [0.2, 0.25) is 0 Å². The maximum absolute atomic E-state index is 11.5. The number of rotatable bonds is 1. The maximum Gasteiger partial charge on any atom is 0.259 e. The largest absolute Gasteiger partial charge is 0.365 e. The molecule has 2 amide bonds. The van der Waals surface area contributed by atoms with Crippen molar-refractivity contribution in [1.29, 1.82) is 0 Å². The Bertz CT molecular complexity index is 481. The average molecular weight is 203 g/mol. The number of nitrogens with one attached hydrogen (secondary N) is 1. The van der Waals surface area contributed by atoms with Crippen molar-refractivity contribution in [2.75, 3.05) is 0 Å². The van der Waals surface area contributed by atoms with E-state index in [0.29, 0.717) is 11.1 Å². The highest BCUT2D eigenvalue weighted by Crippen LogP contribution is 2.41. The number of imide groups is 1. The third-order valence-electron chi connectivity index (χ3n) is 2.81. The Morgan fingerprint density at radius 3 is 2.67 bits per heavy atom. The first-order valence-corrected chi connectivity index (χ1v) is 4.82. The van der Waals surface area contributed by atoms with Gasteiger partial charge in [0.05, 0.1) is 17.2 Å². The van der Waals surface area contributed by atoms with Crippen LogP contribution in [0.2, 0.25) is 0 Å². The molecule has 2 heterocycles. The minimum absolute atomic E-state index is 0.0309. The van der Waals surface area contributed by atoms with E-state index in [4.69, 9.17) is 4.74 Å². The molecule has 2 aliphatic rings. The lowest BCUT2D eigenvalue weighted by Crippen LogP contribution is -2.20. The van der Waals surface area contributed by atoms with Crippen LogP contribution in [-0.4, -0.2) is 17.9 Å². The Hall–Kier alpha value is -1.68. The third-order valence-corrected chi connectivity index (χ3v) is 2.81. The molecule has 4 nitrogen and oxygen atoms in total. The number of ether oxygens (including phenoxy) is 1. The summed E-state index contributed by atoms with van der Waals surface area (Å²) in [5, 5.41) is 2.29. The number of hydrogen-bond donors (Lipinski definition) is 1. The molecule has 76 valence electrons. The van der Waals surface area contributed by atoms with Gasteiger partial charge in [0.1, 0.15) is 6.10 Å². The van der Waals surface area contributed by atoms with Crippen molar-refractivity contribution in [2.45, 2.75) is 19.1 Å². The fourth-order valence-electron chi connectivity index (χ4n) is 1.99. The Kier molecular flexibility index (Phi) is 1.53. The monoisotopic (exact) mass is 203 g/mol. The standard InChI is InChI=1S/C11H9NO3/c1-5-9(15-5)6-3-2-4-7-8(6)11(14)12-10(7)13/h2-5,9H,1H3,(H,12,13,14). The fraction of sp³-hybridized carbons (Fsp3) is 0.273. The molecule has 0 aliphatic carbocycles. The van der Waals surface area contributed by atoms with Gasteiger partial charge >= 0.3 is 0 Å². The topological polar surface area (TPSA) is 58.7 Å². The molecule has 0 bridgehead atoms. The highest BCUT2D eigenvalue weighted by atomic mass is 16.6. The Morgan fingerprint density at radius 2 is 2.00 bits per heavy atom. The Morgan fingerprint density at radius 1 is 1.27 bits per heavy atom. The second-order valence-corrected chi connectivity index (χ2v) is 3.81. The van der Waals surface area contributed by atoms with Crippen molar-refractivity contribution >= 4 is 11.8 Å². The lowest BCUT2D eigenvalue weighted by atomic mass is 9.99. The molecule has 15 heavy (non-hydrogen) atoms. The summed E-state index contributed by atoms with van der Waals surface area (Å²) in [5.74, 6) is -0.626. The van der Waals surface area contributed by atoms with E-state index in [2.05, 4.69) is 5.32 Å². The molecule has 2 atom stereocenters. The lowest BCUT2D eigenvalue weighted by molar-refractivity contribution is 0.0879. The van der Waals surface area contributed by atoms with E-state index in [1.807, 2.05) is 13.0 Å². The SMILES string of the molecule is CC1OC1c1cccc2c1C(=O)NC2=O. The van der Waals surface area contributed by atoms with E-state index >= 15 is 0 Å². The van der Waals surface area contributed by atoms with E-state index in [1.165, 1.54) is 0 Å². The van der Waals surface area contributed by atoms with Crippen LogP contribution in [0.25, 0.3) is 0 Å². The highest BCUT2D eigenvalue weighted by Gasteiger charge is 2.41. The first kappa shape index (κ1) is 8.61. The van der Waals surface area contributed by atoms with Gasteiger partial charge in [0, 0.05) is 0 Å². The number of carbonyl (C=O) groups is 2. The van der Waals surface area contributed by atoms with Crippen LogP contribution in [-0.2, 0) is 4.74 Å². The van der Waals surface area contributed by atoms with Gasteiger partial charge in [0.15, 0.2) is 0 Å². The smallest absolute Gasteiger partial charge is 0.259 e. The van der Waals surface area contributed by atoms with Crippen molar-refractivity contribution < 1.29 is 14.3 Å². The van der Waals surface area contributed by atoms with Gasteiger partial charge in [-0.15, -0.1) is 0 Å². The fourth-order valence-corrected chi connectivity index (χ4v) is 1.99. The Labute approximate surface area is 86.2 Å². The zero-order valence-corrected chi connectivity index (χ0v) is 8.11. The molecular formula is C11H9NO3. The zero-order chi connectivity index (χ0) is 10.6. The quantitative estimate of drug-likeness (QED) is 0.547. The van der Waals surface area contributed by atoms with E-state index in [1.54, 1.807) is 12.1 Å². The molecule has 0 aromatic heterocycles. The van der Waals surface area contributed by atoms with Gasteiger partial charge in [-0.25, -0.2) is 0 Å². The van der Waals surface area contributed by atoms with E-state index in [-0.39, 0.29) is 24.0 Å². The predicted octanol–water partition coefficient (Wildman–Crippen LogP) is 1.03. The summed E-state index contributed by atoms with van der Waals surface area (Å²) in [6.45, 7) is 1.94. The van der Waals surface area contributed by atoms with Crippen LogP contribution >= 0.6 is 0 Å². The number of carbonyl (C=O) groups excluding carboxylic acids is 2. The van der Waals surface area contributed by atoms with Gasteiger partial charge in [-0.3, -0.25) is 14.9 Å². The summed E-state index contributed by atoms with van der Waals surface area (Å²) in [6.07, 6.45) is 0.108. The molecule has 0 spiro atoms. The van der Waals surface area contributed by atoms with Gasteiger partial charge in [-0.05, 0) is 18.6 Å².